The van der Waals surface area contributed by atoms with Gasteiger partial charge < -0.3 is 6.92 Å². The summed E-state index contributed by atoms with van der Waals surface area (Å²) in [5.74, 6) is 0.627. The van der Waals surface area contributed by atoms with E-state index in [4.69, 9.17) is 0 Å². The quantitative estimate of drug-likeness (QED) is 0.741. The summed E-state index contributed by atoms with van der Waals surface area (Å²) in [6, 6.07) is 2.07. The first kappa shape index (κ1) is 11.1. The van der Waals surface area contributed by atoms with Crippen LogP contribution in [0.4, 0.5) is 0 Å². The van der Waals surface area contributed by atoms with E-state index in [1.807, 2.05) is 5.38 Å². The molecular weight excluding hydrogens is 257 g/mol. The Bertz CT molecular complexity index is 411. The van der Waals surface area contributed by atoms with Crippen LogP contribution in [0.5, 0.6) is 0 Å². The molecule has 0 aliphatic rings. The molecule has 2 heterocycles. The predicted octanol–water partition coefficient (Wildman–Crippen LogP) is 2.43. The molecule has 0 aromatic carbocycles. The van der Waals surface area contributed by atoms with Crippen molar-refractivity contribution >= 4 is 21.6 Å². The second kappa shape index (κ2) is 4.49. The fourth-order valence-corrected chi connectivity index (χ4v) is 2.04. The van der Waals surface area contributed by atoms with E-state index >= 15 is 0 Å². The van der Waals surface area contributed by atoms with Crippen LogP contribution in [0.25, 0.3) is 10.2 Å². The average molecular weight is 266 g/mol. The number of nitrogens with zero attached hydrogens (tertiary/aromatic N) is 2. The van der Waals surface area contributed by atoms with Gasteiger partial charge in [-0.15, -0.1) is 11.3 Å². The zero-order valence-corrected chi connectivity index (χ0v) is 11.1. The van der Waals surface area contributed by atoms with Crippen molar-refractivity contribution in [3.8, 4) is 0 Å². The molecule has 0 atom stereocenters. The molecule has 0 fully saturated rings. The monoisotopic (exact) mass is 266 g/mol. The van der Waals surface area contributed by atoms with Gasteiger partial charge in [0.05, 0.1) is 0 Å². The van der Waals surface area contributed by atoms with E-state index in [0.717, 1.165) is 16.9 Å². The maximum atomic E-state index is 4.28. The van der Waals surface area contributed by atoms with Crippen molar-refractivity contribution in [2.45, 2.75) is 13.3 Å². The van der Waals surface area contributed by atoms with Gasteiger partial charge in [0.1, 0.15) is 4.83 Å². The van der Waals surface area contributed by atoms with E-state index < -0.39 is 0 Å². The third-order valence-electron chi connectivity index (χ3n) is 1.79. The van der Waals surface area contributed by atoms with Crippen molar-refractivity contribution in [3.63, 3.8) is 0 Å². The molecular formula is C9H9N2SY-. The Hall–Kier alpha value is 0.0139. The Morgan fingerprint density at radius 3 is 2.92 bits per heavy atom. The third kappa shape index (κ3) is 2.09. The maximum Gasteiger partial charge on any atom is 0.124 e. The summed E-state index contributed by atoms with van der Waals surface area (Å²) in [7, 11) is 0. The van der Waals surface area contributed by atoms with Crippen molar-refractivity contribution in [1.82, 2.24) is 9.97 Å². The van der Waals surface area contributed by atoms with Gasteiger partial charge in [-0.3, -0.25) is 9.97 Å². The van der Waals surface area contributed by atoms with Crippen LogP contribution in [0.15, 0.2) is 11.4 Å². The molecule has 0 saturated carbocycles. The van der Waals surface area contributed by atoms with Crippen LogP contribution in [0, 0.1) is 6.92 Å². The molecule has 2 aromatic heterocycles. The van der Waals surface area contributed by atoms with Gasteiger partial charge >= 0.3 is 0 Å². The summed E-state index contributed by atoms with van der Waals surface area (Å²) in [5.41, 5.74) is 1.10. The molecule has 0 spiro atoms. The Balaban J connectivity index is 0.000000845. The number of aryl methyl sites for hydroxylation is 1. The molecule has 4 heteroatoms. The summed E-state index contributed by atoms with van der Waals surface area (Å²) in [6.45, 7) is 5.84. The van der Waals surface area contributed by atoms with E-state index in [2.05, 4.69) is 29.9 Å². The molecule has 2 nitrogen and oxygen atoms in total. The van der Waals surface area contributed by atoms with Gasteiger partial charge in [0.15, 0.2) is 0 Å². The maximum absolute atomic E-state index is 4.28. The van der Waals surface area contributed by atoms with Gasteiger partial charge in [0, 0.05) is 43.8 Å². The van der Waals surface area contributed by atoms with Crippen LogP contribution in [0.2, 0.25) is 0 Å². The number of hydrogen-bond acceptors (Lipinski definition) is 3. The van der Waals surface area contributed by atoms with E-state index in [-0.39, 0.29) is 32.7 Å². The standard InChI is InChI=1S/C9H9N2S.Y/c1-3-8-7-4-5-12-9(7)11-6(2)10-8;/h4-5H,2-3H2,1H3;/q-1;. The summed E-state index contributed by atoms with van der Waals surface area (Å²) < 4.78 is 0. The number of thiophene rings is 1. The minimum Gasteiger partial charge on any atom is -0.338 e. The summed E-state index contributed by atoms with van der Waals surface area (Å²) in [5, 5.41) is 3.22. The Morgan fingerprint density at radius 1 is 1.46 bits per heavy atom. The Labute approximate surface area is 107 Å². The average Bonchev–Trinajstić information content (AvgIpc) is 2.50. The van der Waals surface area contributed by atoms with E-state index in [0.29, 0.717) is 5.82 Å². The first-order valence-electron chi connectivity index (χ1n) is 3.87. The van der Waals surface area contributed by atoms with Gasteiger partial charge in [0.25, 0.3) is 0 Å². The molecule has 2 rings (SSSR count). The summed E-state index contributed by atoms with van der Waals surface area (Å²) >= 11 is 1.64. The van der Waals surface area contributed by atoms with E-state index in [9.17, 15) is 0 Å². The van der Waals surface area contributed by atoms with Gasteiger partial charge in [-0.1, -0.05) is 6.92 Å². The largest absolute Gasteiger partial charge is 0.338 e. The van der Waals surface area contributed by atoms with Crippen molar-refractivity contribution in [3.05, 3.63) is 29.9 Å². The topological polar surface area (TPSA) is 25.8 Å². The summed E-state index contributed by atoms with van der Waals surface area (Å²) in [6.07, 6.45) is 0.943. The van der Waals surface area contributed by atoms with Crippen molar-refractivity contribution in [2.75, 3.05) is 0 Å². The molecule has 65 valence electrons. The van der Waals surface area contributed by atoms with Crippen molar-refractivity contribution in [2.24, 2.45) is 0 Å². The first-order valence-corrected chi connectivity index (χ1v) is 4.75. The van der Waals surface area contributed by atoms with Crippen molar-refractivity contribution < 1.29 is 32.7 Å². The molecule has 0 unspecified atom stereocenters. The Kier molecular flexibility index (Phi) is 3.83. The minimum absolute atomic E-state index is 0. The zero-order chi connectivity index (χ0) is 8.55. The molecule has 0 saturated heterocycles. The second-order valence-corrected chi connectivity index (χ2v) is 3.47. The van der Waals surface area contributed by atoms with Crippen molar-refractivity contribution in [1.29, 1.82) is 0 Å². The van der Waals surface area contributed by atoms with Gasteiger partial charge in [0.2, 0.25) is 0 Å². The fraction of sp³-hybridized carbons (Fsp3) is 0.222. The summed E-state index contributed by atoms with van der Waals surface area (Å²) in [4.78, 5) is 9.57. The zero-order valence-electron chi connectivity index (χ0n) is 7.45. The molecule has 0 aliphatic heterocycles. The number of rotatable bonds is 1. The molecule has 13 heavy (non-hydrogen) atoms. The minimum atomic E-state index is 0. The van der Waals surface area contributed by atoms with Crippen LogP contribution in [-0.2, 0) is 39.1 Å². The predicted molar refractivity (Wildman–Crippen MR) is 51.3 cm³/mol. The van der Waals surface area contributed by atoms with Crippen LogP contribution in [-0.4, -0.2) is 9.97 Å². The SMILES string of the molecule is [CH2-]c1nc(CC)c2ccsc2n1.[Y]. The van der Waals surface area contributed by atoms with Crippen LogP contribution in [0.3, 0.4) is 0 Å². The smallest absolute Gasteiger partial charge is 0.124 e. The van der Waals surface area contributed by atoms with Crippen LogP contribution >= 0.6 is 11.3 Å². The second-order valence-electron chi connectivity index (χ2n) is 2.58. The molecule has 0 bridgehead atoms. The van der Waals surface area contributed by atoms with Gasteiger partial charge in [-0.05, 0) is 23.7 Å². The number of fused-ring (bicyclic) bond motifs is 1. The molecule has 0 amide bonds. The van der Waals surface area contributed by atoms with Gasteiger partial charge in [-0.2, -0.15) is 0 Å². The number of aromatic nitrogens is 2. The van der Waals surface area contributed by atoms with Crippen LogP contribution < -0.4 is 0 Å². The molecule has 1 radical (unpaired) electrons. The van der Waals surface area contributed by atoms with Gasteiger partial charge in [-0.25, -0.2) is 0 Å². The normalized spacial score (nSPS) is 9.92. The first-order chi connectivity index (χ1) is 5.81. The molecule has 0 aliphatic carbocycles. The third-order valence-corrected chi connectivity index (χ3v) is 2.59. The Morgan fingerprint density at radius 2 is 2.23 bits per heavy atom. The number of hydrogen-bond donors (Lipinski definition) is 0. The van der Waals surface area contributed by atoms with Crippen LogP contribution in [0.1, 0.15) is 18.4 Å². The van der Waals surface area contributed by atoms with E-state index in [1.165, 1.54) is 5.39 Å². The fourth-order valence-electron chi connectivity index (χ4n) is 1.24. The molecule has 0 N–H and O–H groups in total. The molecule has 2 aromatic rings. The van der Waals surface area contributed by atoms with E-state index in [1.54, 1.807) is 11.3 Å².